The fourth-order valence-electron chi connectivity index (χ4n) is 2.44. The van der Waals surface area contributed by atoms with Gasteiger partial charge in [0.25, 0.3) is 0 Å². The fourth-order valence-corrected chi connectivity index (χ4v) is 4.10. The number of nitrogens with one attached hydrogen (secondary N) is 1. The van der Waals surface area contributed by atoms with E-state index < -0.39 is 0 Å². The summed E-state index contributed by atoms with van der Waals surface area (Å²) in [7, 11) is 0. The number of aryl methyl sites for hydroxylation is 2. The van der Waals surface area contributed by atoms with Gasteiger partial charge < -0.3 is 5.32 Å². The molecule has 0 atom stereocenters. The molecule has 0 saturated heterocycles. The van der Waals surface area contributed by atoms with Crippen LogP contribution in [0.5, 0.6) is 0 Å². The molecule has 0 spiro atoms. The van der Waals surface area contributed by atoms with Crippen LogP contribution in [0.3, 0.4) is 0 Å². The second kappa shape index (κ2) is 5.55. The maximum atomic E-state index is 3.58. The van der Waals surface area contributed by atoms with Crippen molar-refractivity contribution in [1.29, 1.82) is 0 Å². The predicted octanol–water partition coefficient (Wildman–Crippen LogP) is 4.29. The Hall–Kier alpha value is -0.640. The first-order chi connectivity index (χ1) is 8.83. The summed E-state index contributed by atoms with van der Waals surface area (Å²) in [6.07, 6.45) is 3.94. The predicted molar refractivity (Wildman–Crippen MR) is 81.0 cm³/mol. The summed E-state index contributed by atoms with van der Waals surface area (Å²) in [6.45, 7) is 1.91. The van der Waals surface area contributed by atoms with Crippen molar-refractivity contribution in [3.05, 3.63) is 55.7 Å². The minimum Gasteiger partial charge on any atom is -0.308 e. The highest BCUT2D eigenvalue weighted by molar-refractivity contribution is 9.10. The Morgan fingerprint density at radius 3 is 2.89 bits per heavy atom. The zero-order valence-corrected chi connectivity index (χ0v) is 12.6. The smallest absolute Gasteiger partial charge is 0.0303 e. The van der Waals surface area contributed by atoms with Crippen molar-refractivity contribution in [2.24, 2.45) is 0 Å². The molecule has 18 heavy (non-hydrogen) atoms. The lowest BCUT2D eigenvalue weighted by atomic mass is 10.2. The van der Waals surface area contributed by atoms with Gasteiger partial charge in [-0.1, -0.05) is 34.1 Å². The van der Waals surface area contributed by atoms with E-state index in [2.05, 4.69) is 51.6 Å². The first-order valence-corrected chi connectivity index (χ1v) is 7.98. The zero-order chi connectivity index (χ0) is 12.4. The second-order valence-corrected chi connectivity index (χ2v) is 6.79. The Balaban J connectivity index is 1.57. The van der Waals surface area contributed by atoms with Crippen LogP contribution in [0.4, 0.5) is 0 Å². The van der Waals surface area contributed by atoms with E-state index in [1.807, 2.05) is 11.3 Å². The minimum atomic E-state index is 0.921. The van der Waals surface area contributed by atoms with Crippen LogP contribution in [0.15, 0.2) is 34.8 Å². The Kier molecular flexibility index (Phi) is 3.83. The molecule has 1 aliphatic rings. The van der Waals surface area contributed by atoms with E-state index in [9.17, 15) is 0 Å². The number of hydrogen-bond acceptors (Lipinski definition) is 2. The van der Waals surface area contributed by atoms with Crippen molar-refractivity contribution in [3.8, 4) is 0 Å². The molecular weight excluding hydrogens is 306 g/mol. The van der Waals surface area contributed by atoms with Crippen molar-refractivity contribution < 1.29 is 0 Å². The summed E-state index contributed by atoms with van der Waals surface area (Å²) in [5.41, 5.74) is 2.92. The molecule has 0 fully saturated rings. The van der Waals surface area contributed by atoms with Gasteiger partial charge in [0.05, 0.1) is 0 Å². The van der Waals surface area contributed by atoms with Gasteiger partial charge in [-0.05, 0) is 42.5 Å². The fraction of sp³-hybridized carbons (Fsp3) is 0.333. The summed E-state index contributed by atoms with van der Waals surface area (Å²) >= 11 is 5.57. The SMILES string of the molecule is Brc1ccccc1CNCc1cc2c(s1)CCC2. The molecule has 1 N–H and O–H groups in total. The molecule has 3 heteroatoms. The van der Waals surface area contributed by atoms with Gasteiger partial charge in [0.2, 0.25) is 0 Å². The van der Waals surface area contributed by atoms with E-state index in [0.29, 0.717) is 0 Å². The average molecular weight is 322 g/mol. The lowest BCUT2D eigenvalue weighted by Crippen LogP contribution is -2.12. The van der Waals surface area contributed by atoms with Gasteiger partial charge >= 0.3 is 0 Å². The maximum absolute atomic E-state index is 3.58. The first-order valence-electron chi connectivity index (χ1n) is 6.37. The first kappa shape index (κ1) is 12.4. The topological polar surface area (TPSA) is 12.0 Å². The molecule has 1 nitrogen and oxygen atoms in total. The number of rotatable bonds is 4. The molecule has 0 bridgehead atoms. The van der Waals surface area contributed by atoms with E-state index in [1.54, 1.807) is 10.4 Å². The highest BCUT2D eigenvalue weighted by Crippen LogP contribution is 2.30. The number of thiophene rings is 1. The maximum Gasteiger partial charge on any atom is 0.0303 e. The van der Waals surface area contributed by atoms with E-state index in [0.717, 1.165) is 13.1 Å². The molecular formula is C15H16BrNS. The van der Waals surface area contributed by atoms with Crippen LogP contribution in [0, 0.1) is 0 Å². The normalized spacial score (nSPS) is 13.8. The summed E-state index contributed by atoms with van der Waals surface area (Å²) in [5.74, 6) is 0. The van der Waals surface area contributed by atoms with Gasteiger partial charge in [-0.15, -0.1) is 11.3 Å². The van der Waals surface area contributed by atoms with Crippen LogP contribution in [0.25, 0.3) is 0 Å². The van der Waals surface area contributed by atoms with Crippen LogP contribution in [-0.4, -0.2) is 0 Å². The largest absolute Gasteiger partial charge is 0.308 e. The third kappa shape index (κ3) is 2.68. The number of benzene rings is 1. The van der Waals surface area contributed by atoms with Gasteiger partial charge in [-0.3, -0.25) is 0 Å². The Bertz CT molecular complexity index is 526. The molecule has 2 aromatic rings. The molecule has 1 aromatic carbocycles. The third-order valence-corrected chi connectivity index (χ3v) is 5.38. The summed E-state index contributed by atoms with van der Waals surface area (Å²) in [6, 6.07) is 10.8. The van der Waals surface area contributed by atoms with Gasteiger partial charge in [0.15, 0.2) is 0 Å². The molecule has 0 saturated carbocycles. The minimum absolute atomic E-state index is 0.921. The third-order valence-electron chi connectivity index (χ3n) is 3.37. The van der Waals surface area contributed by atoms with E-state index in [4.69, 9.17) is 0 Å². The highest BCUT2D eigenvalue weighted by Gasteiger charge is 2.14. The molecule has 1 aliphatic carbocycles. The Labute approximate surface area is 120 Å². The number of fused-ring (bicyclic) bond motifs is 1. The van der Waals surface area contributed by atoms with E-state index >= 15 is 0 Å². The van der Waals surface area contributed by atoms with Crippen molar-refractivity contribution in [3.63, 3.8) is 0 Å². The highest BCUT2D eigenvalue weighted by atomic mass is 79.9. The monoisotopic (exact) mass is 321 g/mol. The van der Waals surface area contributed by atoms with E-state index in [-0.39, 0.29) is 0 Å². The van der Waals surface area contributed by atoms with Crippen molar-refractivity contribution in [2.45, 2.75) is 32.4 Å². The summed E-state index contributed by atoms with van der Waals surface area (Å²) in [5, 5.41) is 3.53. The quantitative estimate of drug-likeness (QED) is 0.885. The number of halogens is 1. The Morgan fingerprint density at radius 1 is 1.17 bits per heavy atom. The van der Waals surface area contributed by atoms with Crippen molar-refractivity contribution >= 4 is 27.3 Å². The average Bonchev–Trinajstić information content (AvgIpc) is 2.92. The van der Waals surface area contributed by atoms with Crippen LogP contribution in [0.1, 0.15) is 27.3 Å². The molecule has 1 aromatic heterocycles. The Morgan fingerprint density at radius 2 is 2.06 bits per heavy atom. The van der Waals surface area contributed by atoms with Crippen LogP contribution in [-0.2, 0) is 25.9 Å². The lowest BCUT2D eigenvalue weighted by molar-refractivity contribution is 0.698. The van der Waals surface area contributed by atoms with Crippen LogP contribution in [0.2, 0.25) is 0 Å². The molecule has 3 rings (SSSR count). The lowest BCUT2D eigenvalue weighted by Gasteiger charge is -2.05. The van der Waals surface area contributed by atoms with Crippen molar-refractivity contribution in [1.82, 2.24) is 5.32 Å². The van der Waals surface area contributed by atoms with Gasteiger partial charge in [-0.25, -0.2) is 0 Å². The molecule has 1 heterocycles. The number of hydrogen-bond donors (Lipinski definition) is 1. The van der Waals surface area contributed by atoms with Crippen LogP contribution < -0.4 is 5.32 Å². The van der Waals surface area contributed by atoms with Crippen molar-refractivity contribution in [2.75, 3.05) is 0 Å². The molecule has 0 aliphatic heterocycles. The standard InChI is InChI=1S/C15H16BrNS/c16-14-6-2-1-4-12(14)9-17-10-13-8-11-5-3-7-15(11)18-13/h1-2,4,6,8,17H,3,5,7,9-10H2. The van der Waals surface area contributed by atoms with Gasteiger partial charge in [-0.2, -0.15) is 0 Å². The van der Waals surface area contributed by atoms with Gasteiger partial charge in [0.1, 0.15) is 0 Å². The zero-order valence-electron chi connectivity index (χ0n) is 10.2. The molecule has 0 amide bonds. The van der Waals surface area contributed by atoms with E-state index in [1.165, 1.54) is 34.2 Å². The summed E-state index contributed by atoms with van der Waals surface area (Å²) < 4.78 is 1.19. The summed E-state index contributed by atoms with van der Waals surface area (Å²) in [4.78, 5) is 3.10. The van der Waals surface area contributed by atoms with Crippen LogP contribution >= 0.6 is 27.3 Å². The molecule has 0 unspecified atom stereocenters. The molecule has 94 valence electrons. The molecule has 0 radical (unpaired) electrons. The second-order valence-electron chi connectivity index (χ2n) is 4.71. The van der Waals surface area contributed by atoms with Gasteiger partial charge in [0, 0.05) is 27.3 Å².